The first-order valence-electron chi connectivity index (χ1n) is 9.23. The Morgan fingerprint density at radius 1 is 1.22 bits per heavy atom. The second-order valence-electron chi connectivity index (χ2n) is 6.65. The summed E-state index contributed by atoms with van der Waals surface area (Å²) in [6.07, 6.45) is 2.14. The lowest BCUT2D eigenvalue weighted by atomic mass is 9.90. The zero-order valence-electron chi connectivity index (χ0n) is 15.5. The third kappa shape index (κ3) is 5.29. The van der Waals surface area contributed by atoms with Gasteiger partial charge in [-0.2, -0.15) is 0 Å². The zero-order chi connectivity index (χ0) is 19.1. The number of carbonyl (C=O) groups excluding carboxylic acids is 1. The van der Waals surface area contributed by atoms with Crippen molar-refractivity contribution >= 4 is 17.6 Å². The average molecular weight is 368 g/mol. The van der Waals surface area contributed by atoms with Gasteiger partial charge in [0, 0.05) is 38.2 Å². The summed E-state index contributed by atoms with van der Waals surface area (Å²) < 4.78 is 13.2. The Hall–Kier alpha value is -2.89. The van der Waals surface area contributed by atoms with Crippen LogP contribution in [0.15, 0.2) is 53.5 Å². The van der Waals surface area contributed by atoms with Crippen LogP contribution >= 0.6 is 0 Å². The maximum atomic E-state index is 13.2. The largest absolute Gasteiger partial charge is 0.356 e. The molecule has 2 aromatic rings. The number of aryl methyl sites for hydroxylation is 1. The van der Waals surface area contributed by atoms with Crippen LogP contribution in [0.1, 0.15) is 29.9 Å². The van der Waals surface area contributed by atoms with Gasteiger partial charge in [0.25, 0.3) is 0 Å². The molecule has 1 unspecified atom stereocenters. The number of hydrogen-bond acceptors (Lipinski definition) is 2. The molecule has 3 N–H and O–H groups in total. The Morgan fingerprint density at radius 2 is 2.07 bits per heavy atom. The first-order valence-corrected chi connectivity index (χ1v) is 9.23. The van der Waals surface area contributed by atoms with E-state index in [1.807, 2.05) is 24.3 Å². The predicted molar refractivity (Wildman–Crippen MR) is 107 cm³/mol. The van der Waals surface area contributed by atoms with Crippen molar-refractivity contribution in [3.05, 3.63) is 65.5 Å². The quantitative estimate of drug-likeness (QED) is 0.417. The van der Waals surface area contributed by atoms with Gasteiger partial charge in [0.1, 0.15) is 5.82 Å². The molecule has 0 radical (unpaired) electrons. The number of para-hydroxylation sites is 1. The molecule has 0 saturated carbocycles. The van der Waals surface area contributed by atoms with Crippen LogP contribution in [0.4, 0.5) is 10.1 Å². The molecule has 1 amide bonds. The standard InChI is InChI=1S/C21H25FN4O/c1-23-21(24-11-5-7-15-6-4-8-17(22)12-15)25-14-16-13-20(27)26-19-10-3-2-9-18(16)19/h2-4,6,8-10,12,16H,5,7,11,13-14H2,1H3,(H,26,27)(H2,23,24,25). The fraction of sp³-hybridized carbons (Fsp3) is 0.333. The molecular weight excluding hydrogens is 343 g/mol. The molecule has 0 saturated heterocycles. The number of hydrogen-bond donors (Lipinski definition) is 3. The van der Waals surface area contributed by atoms with Gasteiger partial charge in [-0.25, -0.2) is 4.39 Å². The maximum absolute atomic E-state index is 13.2. The van der Waals surface area contributed by atoms with E-state index >= 15 is 0 Å². The zero-order valence-corrected chi connectivity index (χ0v) is 15.5. The molecule has 1 heterocycles. The summed E-state index contributed by atoms with van der Waals surface area (Å²) in [5.41, 5.74) is 3.02. The van der Waals surface area contributed by atoms with Gasteiger partial charge in [0.05, 0.1) is 0 Å². The number of nitrogens with zero attached hydrogens (tertiary/aromatic N) is 1. The molecule has 0 aromatic heterocycles. The predicted octanol–water partition coefficient (Wildman–Crippen LogP) is 3.05. The van der Waals surface area contributed by atoms with Crippen LogP contribution in [0, 0.1) is 5.82 Å². The number of aliphatic imine (C=N–C) groups is 1. The van der Waals surface area contributed by atoms with Gasteiger partial charge in [0.15, 0.2) is 5.96 Å². The van der Waals surface area contributed by atoms with Crippen molar-refractivity contribution in [3.8, 4) is 0 Å². The van der Waals surface area contributed by atoms with Gasteiger partial charge in [-0.1, -0.05) is 30.3 Å². The van der Waals surface area contributed by atoms with E-state index in [0.29, 0.717) is 18.9 Å². The number of nitrogens with one attached hydrogen (secondary N) is 3. The summed E-state index contributed by atoms with van der Waals surface area (Å²) >= 11 is 0. The Labute approximate surface area is 159 Å². The SMILES string of the molecule is CN=C(NCCCc1cccc(F)c1)NCC1CC(=O)Nc2ccccc21. The van der Waals surface area contributed by atoms with Gasteiger partial charge >= 0.3 is 0 Å². The Bertz CT molecular complexity index is 821. The molecular formula is C21H25FN4O. The van der Waals surface area contributed by atoms with Gasteiger partial charge in [-0.05, 0) is 42.2 Å². The highest BCUT2D eigenvalue weighted by atomic mass is 19.1. The molecule has 1 aliphatic heterocycles. The van der Waals surface area contributed by atoms with Crippen LogP contribution < -0.4 is 16.0 Å². The van der Waals surface area contributed by atoms with Crippen molar-refractivity contribution in [3.63, 3.8) is 0 Å². The normalized spacial score (nSPS) is 16.4. The van der Waals surface area contributed by atoms with Crippen molar-refractivity contribution in [1.82, 2.24) is 10.6 Å². The Morgan fingerprint density at radius 3 is 2.89 bits per heavy atom. The average Bonchev–Trinajstić information content (AvgIpc) is 2.67. The van der Waals surface area contributed by atoms with Crippen molar-refractivity contribution < 1.29 is 9.18 Å². The highest BCUT2D eigenvalue weighted by Gasteiger charge is 2.24. The first-order chi connectivity index (χ1) is 13.2. The van der Waals surface area contributed by atoms with Gasteiger partial charge in [-0.15, -0.1) is 0 Å². The molecule has 142 valence electrons. The minimum absolute atomic E-state index is 0.0403. The molecule has 0 aliphatic carbocycles. The van der Waals surface area contributed by atoms with E-state index in [0.717, 1.165) is 36.2 Å². The van der Waals surface area contributed by atoms with Crippen LogP contribution in [0.2, 0.25) is 0 Å². The molecule has 27 heavy (non-hydrogen) atoms. The molecule has 1 atom stereocenters. The molecule has 2 aromatic carbocycles. The number of fused-ring (bicyclic) bond motifs is 1. The van der Waals surface area contributed by atoms with Crippen molar-refractivity contribution in [2.24, 2.45) is 4.99 Å². The van der Waals surface area contributed by atoms with Gasteiger partial charge < -0.3 is 16.0 Å². The highest BCUT2D eigenvalue weighted by Crippen LogP contribution is 2.31. The van der Waals surface area contributed by atoms with Crippen LogP contribution in [-0.2, 0) is 11.2 Å². The lowest BCUT2D eigenvalue weighted by molar-refractivity contribution is -0.116. The Kier molecular flexibility index (Phi) is 6.41. The lowest BCUT2D eigenvalue weighted by Crippen LogP contribution is -2.41. The highest BCUT2D eigenvalue weighted by molar-refractivity contribution is 5.94. The van der Waals surface area contributed by atoms with E-state index in [9.17, 15) is 9.18 Å². The third-order valence-corrected chi connectivity index (χ3v) is 4.67. The molecule has 0 fully saturated rings. The monoisotopic (exact) mass is 368 g/mol. The number of anilines is 1. The van der Waals surface area contributed by atoms with Crippen molar-refractivity contribution in [2.75, 3.05) is 25.5 Å². The summed E-state index contributed by atoms with van der Waals surface area (Å²) in [6.45, 7) is 1.37. The topological polar surface area (TPSA) is 65.5 Å². The summed E-state index contributed by atoms with van der Waals surface area (Å²) in [7, 11) is 1.73. The summed E-state index contributed by atoms with van der Waals surface area (Å²) in [6, 6.07) is 14.6. The molecule has 3 rings (SSSR count). The van der Waals surface area contributed by atoms with Crippen molar-refractivity contribution in [1.29, 1.82) is 0 Å². The van der Waals surface area contributed by atoms with Crippen LogP contribution in [-0.4, -0.2) is 32.0 Å². The Balaban J connectivity index is 1.46. The van der Waals surface area contributed by atoms with Gasteiger partial charge in [0.2, 0.25) is 5.91 Å². The van der Waals surface area contributed by atoms with Crippen LogP contribution in [0.3, 0.4) is 0 Å². The smallest absolute Gasteiger partial charge is 0.225 e. The number of amides is 1. The number of carbonyl (C=O) groups is 1. The second kappa shape index (κ2) is 9.16. The fourth-order valence-corrected chi connectivity index (χ4v) is 3.32. The van der Waals surface area contributed by atoms with E-state index in [4.69, 9.17) is 0 Å². The van der Waals surface area contributed by atoms with Crippen LogP contribution in [0.25, 0.3) is 0 Å². The van der Waals surface area contributed by atoms with Crippen LogP contribution in [0.5, 0.6) is 0 Å². The third-order valence-electron chi connectivity index (χ3n) is 4.67. The molecule has 1 aliphatic rings. The number of halogens is 1. The van der Waals surface area contributed by atoms with Gasteiger partial charge in [-0.3, -0.25) is 9.79 Å². The fourth-order valence-electron chi connectivity index (χ4n) is 3.32. The summed E-state index contributed by atoms with van der Waals surface area (Å²) in [5, 5.41) is 9.49. The minimum atomic E-state index is -0.199. The molecule has 6 heteroatoms. The number of guanidine groups is 1. The number of rotatable bonds is 6. The first kappa shape index (κ1) is 18.9. The van der Waals surface area contributed by atoms with E-state index in [1.165, 1.54) is 6.07 Å². The van der Waals surface area contributed by atoms with Crippen molar-refractivity contribution in [2.45, 2.75) is 25.2 Å². The van der Waals surface area contributed by atoms with E-state index < -0.39 is 0 Å². The lowest BCUT2D eigenvalue weighted by Gasteiger charge is -2.26. The molecule has 5 nitrogen and oxygen atoms in total. The van der Waals surface area contributed by atoms with E-state index in [2.05, 4.69) is 27.0 Å². The summed E-state index contributed by atoms with van der Waals surface area (Å²) in [5.74, 6) is 0.659. The molecule has 0 spiro atoms. The second-order valence-corrected chi connectivity index (χ2v) is 6.65. The number of benzene rings is 2. The molecule has 0 bridgehead atoms. The summed E-state index contributed by atoms with van der Waals surface area (Å²) in [4.78, 5) is 16.1. The maximum Gasteiger partial charge on any atom is 0.225 e. The van der Waals surface area contributed by atoms with E-state index in [1.54, 1.807) is 19.2 Å². The minimum Gasteiger partial charge on any atom is -0.356 e. The van der Waals surface area contributed by atoms with E-state index in [-0.39, 0.29) is 17.6 Å².